The predicted molar refractivity (Wildman–Crippen MR) is 37.7 cm³/mol. The lowest BCUT2D eigenvalue weighted by molar-refractivity contribution is 0.403. The molecule has 0 aliphatic heterocycles. The molecule has 0 saturated carbocycles. The molecule has 0 atom stereocenters. The molecular weight excluding hydrogens is 140 g/mol. The van der Waals surface area contributed by atoms with E-state index in [9.17, 15) is 0 Å². The van der Waals surface area contributed by atoms with Gasteiger partial charge in [-0.3, -0.25) is 5.41 Å². The molecule has 4 heteroatoms. The van der Waals surface area contributed by atoms with Crippen LogP contribution in [-0.2, 0) is 4.74 Å². The highest BCUT2D eigenvalue weighted by molar-refractivity contribution is 6.30. The zero-order valence-corrected chi connectivity index (χ0v) is 6.12. The number of halogens is 1. The Kier molecular flexibility index (Phi) is 3.88. The fraction of sp³-hybridized carbons (Fsp3) is 0.400. The Labute approximate surface area is 59.2 Å². The van der Waals surface area contributed by atoms with Crippen LogP contribution in [0.3, 0.4) is 0 Å². The third-order valence-electron chi connectivity index (χ3n) is 0.717. The molecule has 0 fully saturated rings. The Balaban J connectivity index is 3.79. The van der Waals surface area contributed by atoms with Crippen LogP contribution in [0.15, 0.2) is 11.2 Å². The SMILES string of the molecule is CN/C(Cl)=C\C(=N)OC. The Morgan fingerprint density at radius 3 is 2.67 bits per heavy atom. The quantitative estimate of drug-likeness (QED) is 0.347. The van der Waals surface area contributed by atoms with Crippen LogP contribution in [0.25, 0.3) is 0 Å². The summed E-state index contributed by atoms with van der Waals surface area (Å²) in [5.41, 5.74) is 0. The first-order valence-corrected chi connectivity index (χ1v) is 2.76. The van der Waals surface area contributed by atoms with E-state index in [1.165, 1.54) is 13.2 Å². The Morgan fingerprint density at radius 1 is 1.78 bits per heavy atom. The second-order valence-corrected chi connectivity index (χ2v) is 1.72. The number of hydrogen-bond acceptors (Lipinski definition) is 3. The van der Waals surface area contributed by atoms with Gasteiger partial charge >= 0.3 is 0 Å². The van der Waals surface area contributed by atoms with E-state index in [0.29, 0.717) is 5.16 Å². The number of ether oxygens (including phenoxy) is 1. The maximum absolute atomic E-state index is 6.95. The molecular formula is C5H9ClN2O. The van der Waals surface area contributed by atoms with Crippen LogP contribution in [0.2, 0.25) is 0 Å². The standard InChI is InChI=1S/C5H9ClN2O/c1-8-4(6)3-5(7)9-2/h3,7-8H,1-2H3/b4-3-,7-5?. The number of methoxy groups -OCH3 is 1. The summed E-state index contributed by atoms with van der Waals surface area (Å²) in [7, 11) is 3.08. The van der Waals surface area contributed by atoms with Gasteiger partial charge < -0.3 is 10.1 Å². The van der Waals surface area contributed by atoms with Crippen molar-refractivity contribution in [2.45, 2.75) is 0 Å². The van der Waals surface area contributed by atoms with Crippen molar-refractivity contribution in [3.63, 3.8) is 0 Å². The van der Waals surface area contributed by atoms with Gasteiger partial charge in [-0.1, -0.05) is 11.6 Å². The van der Waals surface area contributed by atoms with Gasteiger partial charge in [0.15, 0.2) is 0 Å². The van der Waals surface area contributed by atoms with E-state index in [1.807, 2.05) is 0 Å². The van der Waals surface area contributed by atoms with Crippen molar-refractivity contribution in [3.8, 4) is 0 Å². The van der Waals surface area contributed by atoms with Crippen LogP contribution in [0.4, 0.5) is 0 Å². The van der Waals surface area contributed by atoms with Crippen molar-refractivity contribution >= 4 is 17.5 Å². The van der Waals surface area contributed by atoms with E-state index in [-0.39, 0.29) is 5.90 Å². The summed E-state index contributed by atoms with van der Waals surface area (Å²) in [6, 6.07) is 0. The van der Waals surface area contributed by atoms with Crippen molar-refractivity contribution < 1.29 is 4.74 Å². The summed E-state index contributed by atoms with van der Waals surface area (Å²) in [6.07, 6.45) is 1.38. The number of hydrogen-bond donors (Lipinski definition) is 2. The Morgan fingerprint density at radius 2 is 2.33 bits per heavy atom. The number of nitrogens with one attached hydrogen (secondary N) is 2. The van der Waals surface area contributed by atoms with Crippen LogP contribution in [-0.4, -0.2) is 20.1 Å². The molecule has 0 aliphatic rings. The molecule has 2 N–H and O–H groups in total. The van der Waals surface area contributed by atoms with E-state index in [2.05, 4.69) is 10.1 Å². The van der Waals surface area contributed by atoms with Gasteiger partial charge in [-0.15, -0.1) is 0 Å². The van der Waals surface area contributed by atoms with Gasteiger partial charge in [0, 0.05) is 13.1 Å². The van der Waals surface area contributed by atoms with Crippen molar-refractivity contribution in [2.24, 2.45) is 0 Å². The highest BCUT2D eigenvalue weighted by atomic mass is 35.5. The van der Waals surface area contributed by atoms with Crippen LogP contribution >= 0.6 is 11.6 Å². The average Bonchev–Trinajstić information content (AvgIpc) is 1.87. The lowest BCUT2D eigenvalue weighted by Crippen LogP contribution is -2.03. The summed E-state index contributed by atoms with van der Waals surface area (Å²) in [5, 5.41) is 9.97. The summed E-state index contributed by atoms with van der Waals surface area (Å²) >= 11 is 5.47. The Hall–Kier alpha value is -0.700. The monoisotopic (exact) mass is 148 g/mol. The molecule has 0 bridgehead atoms. The van der Waals surface area contributed by atoms with Crippen molar-refractivity contribution in [1.29, 1.82) is 5.41 Å². The lowest BCUT2D eigenvalue weighted by Gasteiger charge is -1.96. The molecule has 0 heterocycles. The third kappa shape index (κ3) is 3.85. The van der Waals surface area contributed by atoms with E-state index < -0.39 is 0 Å². The molecule has 0 aromatic rings. The maximum Gasteiger partial charge on any atom is 0.208 e. The van der Waals surface area contributed by atoms with Crippen LogP contribution in [0.1, 0.15) is 0 Å². The van der Waals surface area contributed by atoms with Gasteiger partial charge in [-0.25, -0.2) is 0 Å². The van der Waals surface area contributed by atoms with Gasteiger partial charge in [0.05, 0.1) is 7.11 Å². The smallest absolute Gasteiger partial charge is 0.208 e. The first-order chi connectivity index (χ1) is 4.20. The van der Waals surface area contributed by atoms with Gasteiger partial charge in [-0.2, -0.15) is 0 Å². The molecule has 0 amide bonds. The molecule has 0 aromatic heterocycles. The molecule has 3 nitrogen and oxygen atoms in total. The van der Waals surface area contributed by atoms with Crippen molar-refractivity contribution in [2.75, 3.05) is 14.2 Å². The van der Waals surface area contributed by atoms with Gasteiger partial charge in [0.1, 0.15) is 5.16 Å². The fourth-order valence-corrected chi connectivity index (χ4v) is 0.345. The van der Waals surface area contributed by atoms with Crippen LogP contribution in [0.5, 0.6) is 0 Å². The molecule has 9 heavy (non-hydrogen) atoms. The zero-order chi connectivity index (χ0) is 7.28. The predicted octanol–water partition coefficient (Wildman–Crippen LogP) is 0.910. The van der Waals surface area contributed by atoms with Crippen LogP contribution in [0, 0.1) is 5.41 Å². The third-order valence-corrected chi connectivity index (χ3v) is 1.01. The van der Waals surface area contributed by atoms with Gasteiger partial charge in [0.25, 0.3) is 0 Å². The first kappa shape index (κ1) is 8.30. The normalized spacial score (nSPS) is 10.8. The maximum atomic E-state index is 6.95. The second kappa shape index (κ2) is 4.21. The molecule has 0 unspecified atom stereocenters. The van der Waals surface area contributed by atoms with Crippen molar-refractivity contribution in [3.05, 3.63) is 11.2 Å². The van der Waals surface area contributed by atoms with E-state index in [0.717, 1.165) is 0 Å². The van der Waals surface area contributed by atoms with Crippen molar-refractivity contribution in [1.82, 2.24) is 5.32 Å². The van der Waals surface area contributed by atoms with Gasteiger partial charge in [-0.05, 0) is 0 Å². The molecule has 0 saturated heterocycles. The van der Waals surface area contributed by atoms with E-state index >= 15 is 0 Å². The zero-order valence-electron chi connectivity index (χ0n) is 5.36. The highest BCUT2D eigenvalue weighted by Gasteiger charge is 1.89. The topological polar surface area (TPSA) is 45.1 Å². The molecule has 0 spiro atoms. The lowest BCUT2D eigenvalue weighted by atomic mass is 10.6. The number of rotatable bonds is 2. The summed E-state index contributed by atoms with van der Waals surface area (Å²) in [6.45, 7) is 0. The fourth-order valence-electron chi connectivity index (χ4n) is 0.246. The minimum absolute atomic E-state index is 0.0364. The molecule has 52 valence electrons. The molecule has 0 aromatic carbocycles. The average molecular weight is 149 g/mol. The highest BCUT2D eigenvalue weighted by Crippen LogP contribution is 1.93. The first-order valence-electron chi connectivity index (χ1n) is 2.38. The Bertz CT molecular complexity index is 133. The molecule has 0 rings (SSSR count). The minimum atomic E-state index is 0.0364. The van der Waals surface area contributed by atoms with E-state index in [1.54, 1.807) is 7.05 Å². The van der Waals surface area contributed by atoms with Gasteiger partial charge in [0.2, 0.25) is 5.90 Å². The van der Waals surface area contributed by atoms with Crippen LogP contribution < -0.4 is 5.32 Å². The summed E-state index contributed by atoms with van der Waals surface area (Å²) < 4.78 is 4.51. The second-order valence-electron chi connectivity index (χ2n) is 1.31. The molecule has 0 aliphatic carbocycles. The van der Waals surface area contributed by atoms with E-state index in [4.69, 9.17) is 17.0 Å². The minimum Gasteiger partial charge on any atom is -0.481 e. The summed E-state index contributed by atoms with van der Waals surface area (Å²) in [4.78, 5) is 0. The summed E-state index contributed by atoms with van der Waals surface area (Å²) in [5.74, 6) is 0.0364. The largest absolute Gasteiger partial charge is 0.481 e. The molecule has 0 radical (unpaired) electrons.